The van der Waals surface area contributed by atoms with Crippen LogP contribution in [0.5, 0.6) is 0 Å². The minimum Gasteiger partial charge on any atom is -0.313 e. The molecule has 0 radical (unpaired) electrons. The average Bonchev–Trinajstić information content (AvgIpc) is 2.51. The molecule has 0 aliphatic carbocycles. The van der Waals surface area contributed by atoms with Gasteiger partial charge >= 0.3 is 0 Å². The summed E-state index contributed by atoms with van der Waals surface area (Å²) >= 11 is 0. The van der Waals surface area contributed by atoms with Gasteiger partial charge in [-0.2, -0.15) is 0 Å². The van der Waals surface area contributed by atoms with Crippen molar-refractivity contribution in [2.45, 2.75) is 38.6 Å². The average molecular weight is 267 g/mol. The van der Waals surface area contributed by atoms with E-state index in [0.29, 0.717) is 6.04 Å². The van der Waals surface area contributed by atoms with E-state index < -0.39 is 0 Å². The van der Waals surface area contributed by atoms with Crippen LogP contribution in [0.4, 0.5) is 0 Å². The number of nitrogens with one attached hydrogen (secondary N) is 1. The maximum Gasteiger partial charge on any atom is 0.0320 e. The largest absolute Gasteiger partial charge is 0.313 e. The van der Waals surface area contributed by atoms with E-state index in [9.17, 15) is 0 Å². The van der Waals surface area contributed by atoms with Crippen LogP contribution < -0.4 is 5.32 Å². The van der Waals surface area contributed by atoms with Gasteiger partial charge < -0.3 is 5.32 Å². The number of benzene rings is 2. The van der Waals surface area contributed by atoms with Gasteiger partial charge in [0.15, 0.2) is 0 Å². The van der Waals surface area contributed by atoms with Crippen molar-refractivity contribution in [1.82, 2.24) is 5.32 Å². The number of aryl methyl sites for hydroxylation is 2. The molecule has 2 aromatic rings. The van der Waals surface area contributed by atoms with E-state index in [2.05, 4.69) is 66.8 Å². The van der Waals surface area contributed by atoms with Gasteiger partial charge in [-0.15, -0.1) is 0 Å². The second-order valence-electron chi connectivity index (χ2n) is 5.36. The van der Waals surface area contributed by atoms with Crippen molar-refractivity contribution in [2.75, 3.05) is 7.05 Å². The Balaban J connectivity index is 1.93. The van der Waals surface area contributed by atoms with Gasteiger partial charge in [-0.05, 0) is 43.0 Å². The van der Waals surface area contributed by atoms with Crippen LogP contribution in [0.1, 0.15) is 42.5 Å². The zero-order valence-corrected chi connectivity index (χ0v) is 12.6. The zero-order chi connectivity index (χ0) is 14.2. The molecular weight excluding hydrogens is 242 g/mol. The van der Waals surface area contributed by atoms with E-state index in [1.165, 1.54) is 29.5 Å². The normalized spacial score (nSPS) is 12.3. The first-order valence-corrected chi connectivity index (χ1v) is 7.63. The lowest BCUT2D eigenvalue weighted by atomic mass is 9.98. The first kappa shape index (κ1) is 14.8. The SMILES string of the molecule is CCCc1ccc(CCC(NC)c2ccccc2)cc1. The van der Waals surface area contributed by atoms with Gasteiger partial charge in [0.25, 0.3) is 0 Å². The Morgan fingerprint density at radius 1 is 0.850 bits per heavy atom. The molecule has 0 aromatic heterocycles. The monoisotopic (exact) mass is 267 g/mol. The predicted octanol–water partition coefficient (Wildman–Crippen LogP) is 4.53. The Morgan fingerprint density at radius 2 is 1.45 bits per heavy atom. The van der Waals surface area contributed by atoms with Crippen molar-refractivity contribution in [3.63, 3.8) is 0 Å². The smallest absolute Gasteiger partial charge is 0.0320 e. The van der Waals surface area contributed by atoms with Crippen molar-refractivity contribution < 1.29 is 0 Å². The molecule has 0 amide bonds. The molecule has 0 spiro atoms. The predicted molar refractivity (Wildman–Crippen MR) is 87.0 cm³/mol. The van der Waals surface area contributed by atoms with Gasteiger partial charge in [-0.1, -0.05) is 67.9 Å². The lowest BCUT2D eigenvalue weighted by Gasteiger charge is -2.16. The van der Waals surface area contributed by atoms with Crippen LogP contribution in [-0.4, -0.2) is 7.05 Å². The second kappa shape index (κ2) is 7.86. The molecule has 106 valence electrons. The van der Waals surface area contributed by atoms with Gasteiger partial charge in [0.1, 0.15) is 0 Å². The number of hydrogen-bond acceptors (Lipinski definition) is 1. The summed E-state index contributed by atoms with van der Waals surface area (Å²) in [5.41, 5.74) is 4.25. The van der Waals surface area contributed by atoms with Crippen LogP contribution in [0.25, 0.3) is 0 Å². The highest BCUT2D eigenvalue weighted by atomic mass is 14.9. The maximum atomic E-state index is 3.42. The van der Waals surface area contributed by atoms with Crippen molar-refractivity contribution in [1.29, 1.82) is 0 Å². The highest BCUT2D eigenvalue weighted by Gasteiger charge is 2.08. The Hall–Kier alpha value is -1.60. The van der Waals surface area contributed by atoms with Gasteiger partial charge in [-0.3, -0.25) is 0 Å². The Labute approximate surface area is 123 Å². The maximum absolute atomic E-state index is 3.42. The topological polar surface area (TPSA) is 12.0 Å². The highest BCUT2D eigenvalue weighted by Crippen LogP contribution is 2.19. The summed E-state index contributed by atoms with van der Waals surface area (Å²) in [6.07, 6.45) is 4.65. The fourth-order valence-corrected chi connectivity index (χ4v) is 2.64. The molecule has 0 saturated heterocycles. The number of hydrogen-bond donors (Lipinski definition) is 1. The summed E-state index contributed by atoms with van der Waals surface area (Å²) in [7, 11) is 2.04. The highest BCUT2D eigenvalue weighted by molar-refractivity contribution is 5.24. The van der Waals surface area contributed by atoms with Crippen LogP contribution in [0.2, 0.25) is 0 Å². The van der Waals surface area contributed by atoms with E-state index in [0.717, 1.165) is 12.8 Å². The van der Waals surface area contributed by atoms with E-state index >= 15 is 0 Å². The van der Waals surface area contributed by atoms with Crippen LogP contribution in [0.3, 0.4) is 0 Å². The summed E-state index contributed by atoms with van der Waals surface area (Å²) in [6, 6.07) is 20.2. The Morgan fingerprint density at radius 3 is 2.00 bits per heavy atom. The zero-order valence-electron chi connectivity index (χ0n) is 12.6. The second-order valence-corrected chi connectivity index (χ2v) is 5.36. The minimum atomic E-state index is 0.437. The molecule has 0 fully saturated rings. The Kier molecular flexibility index (Phi) is 5.82. The molecule has 20 heavy (non-hydrogen) atoms. The Bertz CT molecular complexity index is 487. The van der Waals surface area contributed by atoms with E-state index in [1.807, 2.05) is 7.05 Å². The molecule has 2 aromatic carbocycles. The molecule has 1 N–H and O–H groups in total. The third-order valence-electron chi connectivity index (χ3n) is 3.83. The fourth-order valence-electron chi connectivity index (χ4n) is 2.64. The molecule has 0 aliphatic rings. The van der Waals surface area contributed by atoms with Crippen molar-refractivity contribution in [3.05, 3.63) is 71.3 Å². The summed E-state index contributed by atoms with van der Waals surface area (Å²) in [5.74, 6) is 0. The fraction of sp³-hybridized carbons (Fsp3) is 0.368. The molecule has 2 rings (SSSR count). The molecular formula is C19H25N. The van der Waals surface area contributed by atoms with Crippen LogP contribution in [0, 0.1) is 0 Å². The molecule has 0 bridgehead atoms. The summed E-state index contributed by atoms with van der Waals surface area (Å²) in [4.78, 5) is 0. The summed E-state index contributed by atoms with van der Waals surface area (Å²) < 4.78 is 0. The third-order valence-corrected chi connectivity index (χ3v) is 3.83. The van der Waals surface area contributed by atoms with Gasteiger partial charge in [0, 0.05) is 6.04 Å². The first-order valence-electron chi connectivity index (χ1n) is 7.63. The molecule has 0 aliphatic heterocycles. The third kappa shape index (κ3) is 4.21. The van der Waals surface area contributed by atoms with Gasteiger partial charge in [-0.25, -0.2) is 0 Å². The molecule has 0 heterocycles. The van der Waals surface area contributed by atoms with Crippen molar-refractivity contribution in [3.8, 4) is 0 Å². The molecule has 1 heteroatoms. The first-order chi connectivity index (χ1) is 9.83. The molecule has 0 saturated carbocycles. The molecule has 1 atom stereocenters. The van der Waals surface area contributed by atoms with Crippen molar-refractivity contribution in [2.24, 2.45) is 0 Å². The summed E-state index contributed by atoms with van der Waals surface area (Å²) in [6.45, 7) is 2.23. The van der Waals surface area contributed by atoms with Gasteiger partial charge in [0.2, 0.25) is 0 Å². The van der Waals surface area contributed by atoms with Crippen LogP contribution >= 0.6 is 0 Å². The lowest BCUT2D eigenvalue weighted by molar-refractivity contribution is 0.549. The summed E-state index contributed by atoms with van der Waals surface area (Å²) in [5, 5.41) is 3.42. The lowest BCUT2D eigenvalue weighted by Crippen LogP contribution is -2.17. The molecule has 1 nitrogen and oxygen atoms in total. The van der Waals surface area contributed by atoms with E-state index in [1.54, 1.807) is 0 Å². The van der Waals surface area contributed by atoms with Crippen molar-refractivity contribution >= 4 is 0 Å². The quantitative estimate of drug-likeness (QED) is 0.777. The van der Waals surface area contributed by atoms with E-state index in [4.69, 9.17) is 0 Å². The van der Waals surface area contributed by atoms with Crippen LogP contribution in [0.15, 0.2) is 54.6 Å². The standard InChI is InChI=1S/C19H25N/c1-3-7-16-10-12-17(13-11-16)14-15-19(20-2)18-8-5-4-6-9-18/h4-6,8-13,19-20H,3,7,14-15H2,1-2H3. The minimum absolute atomic E-state index is 0.437. The molecule has 1 unspecified atom stereocenters. The van der Waals surface area contributed by atoms with E-state index in [-0.39, 0.29) is 0 Å². The number of rotatable bonds is 7. The van der Waals surface area contributed by atoms with Crippen LogP contribution in [-0.2, 0) is 12.8 Å². The van der Waals surface area contributed by atoms with Gasteiger partial charge in [0.05, 0.1) is 0 Å².